The Morgan fingerprint density at radius 1 is 1.08 bits per heavy atom. The number of fused-ring (bicyclic) bond motifs is 2. The Balaban J connectivity index is 1.37. The summed E-state index contributed by atoms with van der Waals surface area (Å²) < 4.78 is 0. The van der Waals surface area contributed by atoms with Gasteiger partial charge in [-0.05, 0) is 29.8 Å². The third kappa shape index (κ3) is 2.74. The molecule has 5 rings (SSSR count). The second-order valence-corrected chi connectivity index (χ2v) is 6.58. The van der Waals surface area contributed by atoms with Gasteiger partial charge in [0.2, 0.25) is 0 Å². The van der Waals surface area contributed by atoms with Crippen LogP contribution in [0.5, 0.6) is 0 Å². The molecule has 0 spiro atoms. The van der Waals surface area contributed by atoms with E-state index in [2.05, 4.69) is 37.1 Å². The fraction of sp³-hybridized carbons (Fsp3) is 0.200. The van der Waals surface area contributed by atoms with Gasteiger partial charge >= 0.3 is 0 Å². The van der Waals surface area contributed by atoms with E-state index in [1.807, 2.05) is 30.6 Å². The van der Waals surface area contributed by atoms with Crippen LogP contribution < -0.4 is 0 Å². The monoisotopic (exact) mass is 342 g/mol. The molecular weight excluding hydrogens is 324 g/mol. The Labute approximate surface area is 151 Å². The lowest BCUT2D eigenvalue weighted by molar-refractivity contribution is 0.244. The predicted octanol–water partition coefficient (Wildman–Crippen LogP) is 2.97. The SMILES string of the molecule is c1cnc2[nH]cc(CN3CCc4nc(-c5ccncc5)ncc4C3)c2c1. The molecule has 1 aliphatic heterocycles. The van der Waals surface area contributed by atoms with Crippen molar-refractivity contribution in [2.45, 2.75) is 19.5 Å². The van der Waals surface area contributed by atoms with Crippen molar-refractivity contribution in [1.82, 2.24) is 29.8 Å². The highest BCUT2D eigenvalue weighted by Gasteiger charge is 2.20. The van der Waals surface area contributed by atoms with Crippen molar-refractivity contribution in [2.24, 2.45) is 0 Å². The van der Waals surface area contributed by atoms with Gasteiger partial charge in [-0.2, -0.15) is 0 Å². The molecule has 0 fully saturated rings. The van der Waals surface area contributed by atoms with Crippen LogP contribution in [0, 0.1) is 0 Å². The minimum atomic E-state index is 0.780. The molecule has 0 bridgehead atoms. The minimum Gasteiger partial charge on any atom is -0.346 e. The average Bonchev–Trinajstić information content (AvgIpc) is 3.11. The molecule has 4 aromatic rings. The Morgan fingerprint density at radius 2 is 2.00 bits per heavy atom. The summed E-state index contributed by atoms with van der Waals surface area (Å²) in [5.41, 5.74) is 5.61. The number of pyridine rings is 2. The molecule has 6 heteroatoms. The largest absolute Gasteiger partial charge is 0.346 e. The predicted molar refractivity (Wildman–Crippen MR) is 99.2 cm³/mol. The number of nitrogens with zero attached hydrogens (tertiary/aromatic N) is 5. The lowest BCUT2D eigenvalue weighted by atomic mass is 10.1. The number of nitrogens with one attached hydrogen (secondary N) is 1. The van der Waals surface area contributed by atoms with Gasteiger partial charge in [-0.1, -0.05) is 0 Å². The molecule has 6 nitrogen and oxygen atoms in total. The zero-order valence-electron chi connectivity index (χ0n) is 14.3. The summed E-state index contributed by atoms with van der Waals surface area (Å²) in [6.07, 6.45) is 10.3. The zero-order valence-corrected chi connectivity index (χ0v) is 14.3. The summed E-state index contributed by atoms with van der Waals surface area (Å²) in [6, 6.07) is 8.00. The van der Waals surface area contributed by atoms with Crippen molar-refractivity contribution in [3.63, 3.8) is 0 Å². The van der Waals surface area contributed by atoms with Gasteiger partial charge in [0.25, 0.3) is 0 Å². The number of rotatable bonds is 3. The van der Waals surface area contributed by atoms with E-state index in [1.54, 1.807) is 12.4 Å². The Kier molecular flexibility index (Phi) is 3.68. The summed E-state index contributed by atoms with van der Waals surface area (Å²) in [5.74, 6) is 0.780. The summed E-state index contributed by atoms with van der Waals surface area (Å²) in [6.45, 7) is 2.77. The molecule has 1 aliphatic rings. The maximum Gasteiger partial charge on any atom is 0.159 e. The van der Waals surface area contributed by atoms with Crippen molar-refractivity contribution >= 4 is 11.0 Å². The molecule has 0 unspecified atom stereocenters. The topological polar surface area (TPSA) is 70.6 Å². The third-order valence-corrected chi connectivity index (χ3v) is 4.88. The van der Waals surface area contributed by atoms with Crippen LogP contribution in [0.3, 0.4) is 0 Å². The highest BCUT2D eigenvalue weighted by atomic mass is 15.1. The second-order valence-electron chi connectivity index (χ2n) is 6.58. The van der Waals surface area contributed by atoms with Crippen molar-refractivity contribution in [3.8, 4) is 11.4 Å². The lowest BCUT2D eigenvalue weighted by Gasteiger charge is -2.27. The van der Waals surface area contributed by atoms with Crippen molar-refractivity contribution in [2.75, 3.05) is 6.54 Å². The normalized spacial score (nSPS) is 14.5. The fourth-order valence-electron chi connectivity index (χ4n) is 3.53. The van der Waals surface area contributed by atoms with E-state index in [1.165, 1.54) is 16.5 Å². The molecule has 0 aromatic carbocycles. The first-order chi connectivity index (χ1) is 12.9. The Bertz CT molecular complexity index is 1060. The quantitative estimate of drug-likeness (QED) is 0.620. The van der Waals surface area contributed by atoms with E-state index in [0.29, 0.717) is 0 Å². The number of aromatic amines is 1. The van der Waals surface area contributed by atoms with E-state index in [4.69, 9.17) is 4.98 Å². The van der Waals surface area contributed by atoms with E-state index in [0.717, 1.165) is 48.8 Å². The van der Waals surface area contributed by atoms with Gasteiger partial charge in [-0.3, -0.25) is 9.88 Å². The number of hydrogen-bond acceptors (Lipinski definition) is 5. The fourth-order valence-corrected chi connectivity index (χ4v) is 3.53. The van der Waals surface area contributed by atoms with Crippen LogP contribution in [-0.2, 0) is 19.5 Å². The molecule has 0 aliphatic carbocycles. The molecule has 0 radical (unpaired) electrons. The third-order valence-electron chi connectivity index (χ3n) is 4.88. The van der Waals surface area contributed by atoms with Gasteiger partial charge < -0.3 is 4.98 Å². The average molecular weight is 342 g/mol. The summed E-state index contributed by atoms with van der Waals surface area (Å²) in [4.78, 5) is 23.5. The highest BCUT2D eigenvalue weighted by molar-refractivity contribution is 5.79. The molecular formula is C20H18N6. The molecule has 0 amide bonds. The molecule has 0 atom stereocenters. The molecule has 4 aromatic heterocycles. The summed E-state index contributed by atoms with van der Waals surface area (Å²) in [7, 11) is 0. The Morgan fingerprint density at radius 3 is 2.92 bits per heavy atom. The lowest BCUT2D eigenvalue weighted by Crippen LogP contribution is -2.30. The molecule has 1 N–H and O–H groups in total. The van der Waals surface area contributed by atoms with Gasteiger partial charge in [0.15, 0.2) is 5.82 Å². The second kappa shape index (κ2) is 6.31. The maximum absolute atomic E-state index is 4.78. The van der Waals surface area contributed by atoms with Crippen LogP contribution in [0.2, 0.25) is 0 Å². The molecule has 0 saturated heterocycles. The first kappa shape index (κ1) is 15.2. The number of H-pyrrole nitrogens is 1. The minimum absolute atomic E-state index is 0.780. The summed E-state index contributed by atoms with van der Waals surface area (Å²) in [5, 5.41) is 1.20. The maximum atomic E-state index is 4.78. The van der Waals surface area contributed by atoms with E-state index in [9.17, 15) is 0 Å². The van der Waals surface area contributed by atoms with Gasteiger partial charge in [0.05, 0.1) is 5.69 Å². The number of aromatic nitrogens is 5. The van der Waals surface area contributed by atoms with Gasteiger partial charge in [-0.25, -0.2) is 15.0 Å². The molecule has 128 valence electrons. The highest BCUT2D eigenvalue weighted by Crippen LogP contribution is 2.24. The van der Waals surface area contributed by atoms with Gasteiger partial charge in [-0.15, -0.1) is 0 Å². The Hall–Kier alpha value is -3.12. The smallest absolute Gasteiger partial charge is 0.159 e. The van der Waals surface area contributed by atoms with Crippen LogP contribution in [0.1, 0.15) is 16.8 Å². The summed E-state index contributed by atoms with van der Waals surface area (Å²) >= 11 is 0. The van der Waals surface area contributed by atoms with E-state index >= 15 is 0 Å². The number of hydrogen-bond donors (Lipinski definition) is 1. The van der Waals surface area contributed by atoms with E-state index < -0.39 is 0 Å². The first-order valence-corrected chi connectivity index (χ1v) is 8.75. The van der Waals surface area contributed by atoms with Crippen LogP contribution in [-0.4, -0.2) is 36.4 Å². The van der Waals surface area contributed by atoms with Gasteiger partial charge in [0, 0.05) is 73.6 Å². The van der Waals surface area contributed by atoms with Crippen LogP contribution in [0.15, 0.2) is 55.2 Å². The molecule has 26 heavy (non-hydrogen) atoms. The van der Waals surface area contributed by atoms with Crippen LogP contribution >= 0.6 is 0 Å². The molecule has 0 saturated carbocycles. The standard InChI is InChI=1S/C20H18N6/c1-2-17-15(10-24-20(17)22-6-1)12-26-9-5-18-16(13-26)11-23-19(25-18)14-3-7-21-8-4-14/h1-4,6-8,10-11H,5,9,12-13H2,(H,22,24). The van der Waals surface area contributed by atoms with Crippen molar-refractivity contribution in [3.05, 3.63) is 72.1 Å². The van der Waals surface area contributed by atoms with E-state index in [-0.39, 0.29) is 0 Å². The first-order valence-electron chi connectivity index (χ1n) is 8.75. The van der Waals surface area contributed by atoms with Crippen molar-refractivity contribution in [1.29, 1.82) is 0 Å². The zero-order chi connectivity index (χ0) is 17.3. The van der Waals surface area contributed by atoms with Crippen molar-refractivity contribution < 1.29 is 0 Å². The van der Waals surface area contributed by atoms with Gasteiger partial charge in [0.1, 0.15) is 5.65 Å². The molecule has 5 heterocycles. The van der Waals surface area contributed by atoms with Crippen LogP contribution in [0.4, 0.5) is 0 Å². The van der Waals surface area contributed by atoms with Crippen LogP contribution in [0.25, 0.3) is 22.4 Å².